The van der Waals surface area contributed by atoms with Crippen molar-refractivity contribution in [3.05, 3.63) is 64.9 Å². The summed E-state index contributed by atoms with van der Waals surface area (Å²) < 4.78 is 40.7. The van der Waals surface area contributed by atoms with Crippen LogP contribution >= 0.6 is 11.6 Å². The lowest BCUT2D eigenvalue weighted by Gasteiger charge is -2.31. The van der Waals surface area contributed by atoms with Gasteiger partial charge in [0.15, 0.2) is 0 Å². The fourth-order valence-corrected chi connectivity index (χ4v) is 5.61. The quantitative estimate of drug-likeness (QED) is 0.678. The van der Waals surface area contributed by atoms with Crippen LogP contribution in [0, 0.1) is 11.7 Å². The Balaban J connectivity index is 1.59. The van der Waals surface area contributed by atoms with E-state index in [1.54, 1.807) is 0 Å². The Hall–Kier alpha value is -2.00. The summed E-state index contributed by atoms with van der Waals surface area (Å²) in [7, 11) is -0.0686. The Morgan fingerprint density at radius 2 is 1.77 bits per heavy atom. The molecular formula is C22H27ClFN3O3S. The predicted octanol–water partition coefficient (Wildman–Crippen LogP) is 3.30. The molecule has 1 fully saturated rings. The molecule has 0 aliphatic carbocycles. The average Bonchev–Trinajstić information content (AvgIpc) is 2.75. The summed E-state index contributed by atoms with van der Waals surface area (Å²) in [4.78, 5) is 14.4. The van der Waals surface area contributed by atoms with E-state index in [2.05, 4.69) is 5.32 Å². The summed E-state index contributed by atoms with van der Waals surface area (Å²) in [6.07, 6.45) is 0.774. The fourth-order valence-electron chi connectivity index (χ4n) is 3.81. The lowest BCUT2D eigenvalue weighted by Crippen LogP contribution is -2.44. The summed E-state index contributed by atoms with van der Waals surface area (Å²) in [6, 6.07) is 12.8. The van der Waals surface area contributed by atoms with E-state index in [0.29, 0.717) is 24.4 Å². The first-order chi connectivity index (χ1) is 14.7. The molecule has 0 aromatic heterocycles. The van der Waals surface area contributed by atoms with Crippen LogP contribution in [-0.2, 0) is 14.8 Å². The molecule has 1 heterocycles. The minimum Gasteiger partial charge on any atom is -0.354 e. The molecule has 1 aliphatic rings. The van der Waals surface area contributed by atoms with E-state index in [9.17, 15) is 17.6 Å². The molecule has 2 aromatic carbocycles. The number of nitrogens with one attached hydrogen (secondary N) is 1. The van der Waals surface area contributed by atoms with Gasteiger partial charge in [0.1, 0.15) is 10.7 Å². The molecule has 1 amide bonds. The van der Waals surface area contributed by atoms with Crippen molar-refractivity contribution in [2.45, 2.75) is 23.8 Å². The zero-order valence-electron chi connectivity index (χ0n) is 17.6. The monoisotopic (exact) mass is 467 g/mol. The second-order valence-electron chi connectivity index (χ2n) is 7.85. The first-order valence-electron chi connectivity index (χ1n) is 10.1. The summed E-state index contributed by atoms with van der Waals surface area (Å²) in [5, 5.41) is 3.63. The van der Waals surface area contributed by atoms with Gasteiger partial charge in [0.05, 0.1) is 6.04 Å². The molecule has 6 nitrogen and oxygen atoms in total. The van der Waals surface area contributed by atoms with Gasteiger partial charge < -0.3 is 10.2 Å². The topological polar surface area (TPSA) is 69.7 Å². The van der Waals surface area contributed by atoms with Gasteiger partial charge in [-0.05, 0) is 50.7 Å². The summed E-state index contributed by atoms with van der Waals surface area (Å²) >= 11 is 6.32. The Labute approximate surface area is 188 Å². The van der Waals surface area contributed by atoms with Crippen LogP contribution < -0.4 is 5.32 Å². The largest absolute Gasteiger partial charge is 0.354 e. The van der Waals surface area contributed by atoms with Crippen molar-refractivity contribution in [1.29, 1.82) is 0 Å². The number of likely N-dealkylation sites (N-methyl/N-ethyl adjacent to an activating group) is 1. The number of piperidine rings is 1. The minimum atomic E-state index is -3.91. The SMILES string of the molecule is CN(C)C(CNC(=O)C1CCN(S(=O)(=O)c2ccccc2F)CC1)c1ccccc1Cl. The van der Waals surface area contributed by atoms with Gasteiger partial charge in [0.25, 0.3) is 0 Å². The second kappa shape index (κ2) is 10.1. The molecule has 0 saturated carbocycles. The molecule has 168 valence electrons. The van der Waals surface area contributed by atoms with Crippen LogP contribution in [-0.4, -0.2) is 57.3 Å². The highest BCUT2D eigenvalue weighted by Gasteiger charge is 2.33. The average molecular weight is 468 g/mol. The maximum atomic E-state index is 14.0. The fraction of sp³-hybridized carbons (Fsp3) is 0.409. The lowest BCUT2D eigenvalue weighted by atomic mass is 9.97. The first-order valence-corrected chi connectivity index (χ1v) is 12.0. The lowest BCUT2D eigenvalue weighted by molar-refractivity contribution is -0.126. The van der Waals surface area contributed by atoms with Gasteiger partial charge in [-0.25, -0.2) is 12.8 Å². The number of hydrogen-bond donors (Lipinski definition) is 1. The molecule has 31 heavy (non-hydrogen) atoms. The summed E-state index contributed by atoms with van der Waals surface area (Å²) in [5.74, 6) is -1.17. The molecule has 1 unspecified atom stereocenters. The van der Waals surface area contributed by atoms with E-state index in [1.165, 1.54) is 22.5 Å². The zero-order valence-corrected chi connectivity index (χ0v) is 19.2. The Morgan fingerprint density at radius 3 is 2.39 bits per heavy atom. The molecular weight excluding hydrogens is 441 g/mol. The van der Waals surface area contributed by atoms with E-state index in [-0.39, 0.29) is 35.9 Å². The molecule has 2 aromatic rings. The third-order valence-electron chi connectivity index (χ3n) is 5.64. The Kier molecular flexibility index (Phi) is 7.69. The van der Waals surface area contributed by atoms with Crippen molar-refractivity contribution >= 4 is 27.5 Å². The van der Waals surface area contributed by atoms with E-state index in [1.807, 2.05) is 43.3 Å². The van der Waals surface area contributed by atoms with Crippen LogP contribution in [0.25, 0.3) is 0 Å². The van der Waals surface area contributed by atoms with Gasteiger partial charge in [0, 0.05) is 30.6 Å². The highest BCUT2D eigenvalue weighted by atomic mass is 35.5. The summed E-state index contributed by atoms with van der Waals surface area (Å²) in [5.41, 5.74) is 0.931. The van der Waals surface area contributed by atoms with Crippen molar-refractivity contribution < 1.29 is 17.6 Å². The molecule has 9 heteroatoms. The molecule has 0 bridgehead atoms. The van der Waals surface area contributed by atoms with Crippen molar-refractivity contribution in [3.8, 4) is 0 Å². The third-order valence-corrected chi connectivity index (χ3v) is 7.91. The van der Waals surface area contributed by atoms with Gasteiger partial charge in [-0.3, -0.25) is 4.79 Å². The second-order valence-corrected chi connectivity index (χ2v) is 10.2. The van der Waals surface area contributed by atoms with E-state index in [0.717, 1.165) is 11.6 Å². The standard InChI is InChI=1S/C22H27ClFN3O3S/c1-26(2)20(17-7-3-4-8-18(17)23)15-25-22(28)16-11-13-27(14-12-16)31(29,30)21-10-6-5-9-19(21)24/h3-10,16,20H,11-15H2,1-2H3,(H,25,28). The number of nitrogens with zero attached hydrogens (tertiary/aromatic N) is 2. The van der Waals surface area contributed by atoms with Gasteiger partial charge in [0.2, 0.25) is 15.9 Å². The highest BCUT2D eigenvalue weighted by Crippen LogP contribution is 2.27. The molecule has 1 atom stereocenters. The number of benzene rings is 2. The summed E-state index contributed by atoms with van der Waals surface area (Å²) in [6.45, 7) is 0.746. The van der Waals surface area contributed by atoms with Crippen molar-refractivity contribution in [2.75, 3.05) is 33.7 Å². The maximum absolute atomic E-state index is 14.0. The van der Waals surface area contributed by atoms with Crippen LogP contribution in [0.3, 0.4) is 0 Å². The van der Waals surface area contributed by atoms with Crippen LogP contribution in [0.2, 0.25) is 5.02 Å². The number of hydrogen-bond acceptors (Lipinski definition) is 4. The van der Waals surface area contributed by atoms with Gasteiger partial charge in [-0.1, -0.05) is 41.9 Å². The van der Waals surface area contributed by atoms with Crippen LogP contribution in [0.1, 0.15) is 24.4 Å². The number of carbonyl (C=O) groups excluding carboxylic acids is 1. The number of amides is 1. The number of halogens is 2. The predicted molar refractivity (Wildman–Crippen MR) is 119 cm³/mol. The minimum absolute atomic E-state index is 0.0841. The first kappa shape index (κ1) is 23.7. The van der Waals surface area contributed by atoms with E-state index < -0.39 is 15.8 Å². The van der Waals surface area contributed by atoms with Crippen LogP contribution in [0.5, 0.6) is 0 Å². The highest BCUT2D eigenvalue weighted by molar-refractivity contribution is 7.89. The van der Waals surface area contributed by atoms with E-state index in [4.69, 9.17) is 11.6 Å². The van der Waals surface area contributed by atoms with Crippen molar-refractivity contribution in [1.82, 2.24) is 14.5 Å². The van der Waals surface area contributed by atoms with Gasteiger partial charge in [-0.15, -0.1) is 0 Å². The molecule has 0 radical (unpaired) electrons. The molecule has 0 spiro atoms. The number of carbonyl (C=O) groups is 1. The number of sulfonamides is 1. The molecule has 3 rings (SSSR count). The Bertz CT molecular complexity index is 1020. The van der Waals surface area contributed by atoms with Crippen molar-refractivity contribution in [3.63, 3.8) is 0 Å². The van der Waals surface area contributed by atoms with Gasteiger partial charge in [-0.2, -0.15) is 4.31 Å². The van der Waals surface area contributed by atoms with Gasteiger partial charge >= 0.3 is 0 Å². The van der Waals surface area contributed by atoms with Crippen molar-refractivity contribution in [2.24, 2.45) is 5.92 Å². The molecule has 1 saturated heterocycles. The Morgan fingerprint density at radius 1 is 1.16 bits per heavy atom. The maximum Gasteiger partial charge on any atom is 0.245 e. The normalized spacial score (nSPS) is 16.9. The zero-order chi connectivity index (χ0) is 22.6. The molecule has 1 aliphatic heterocycles. The number of rotatable bonds is 7. The smallest absolute Gasteiger partial charge is 0.245 e. The van der Waals surface area contributed by atoms with Crippen LogP contribution in [0.4, 0.5) is 4.39 Å². The molecule has 1 N–H and O–H groups in total. The third kappa shape index (κ3) is 5.44. The van der Waals surface area contributed by atoms with Crippen LogP contribution in [0.15, 0.2) is 53.4 Å². The van der Waals surface area contributed by atoms with E-state index >= 15 is 0 Å².